The molecule has 15 heavy (non-hydrogen) atoms. The Labute approximate surface area is 87.1 Å². The highest BCUT2D eigenvalue weighted by atomic mass is 16.5. The number of carboxylic acid groups (broad SMARTS) is 1. The molecular weight excluding hydrogens is 196 g/mol. The second kappa shape index (κ2) is 5.03. The predicted octanol–water partition coefficient (Wildman–Crippen LogP) is 0.737. The lowest BCUT2D eigenvalue weighted by Crippen LogP contribution is -2.00. The molecule has 0 aliphatic rings. The summed E-state index contributed by atoms with van der Waals surface area (Å²) in [6, 6.07) is 4.49. The van der Waals surface area contributed by atoms with Crippen LogP contribution in [0.25, 0.3) is 0 Å². The smallest absolute Gasteiger partial charge is 0.336 e. The Balaban J connectivity index is 3.22. The molecule has 0 fully saturated rings. The zero-order valence-corrected chi connectivity index (χ0v) is 8.15. The number of aliphatic hydroxyl groups excluding tert-OH is 1. The van der Waals surface area contributed by atoms with Crippen LogP contribution in [0.3, 0.4) is 0 Å². The van der Waals surface area contributed by atoms with Gasteiger partial charge >= 0.3 is 5.97 Å². The molecule has 0 spiro atoms. The van der Waals surface area contributed by atoms with Crippen LogP contribution in [-0.2, 0) is 0 Å². The SMILES string of the molecule is COc1ccc(C(=O)O)c(C#CCO)c1. The van der Waals surface area contributed by atoms with E-state index in [4.69, 9.17) is 14.9 Å². The number of hydrogen-bond donors (Lipinski definition) is 2. The van der Waals surface area contributed by atoms with Crippen molar-refractivity contribution < 1.29 is 19.7 Å². The number of hydrogen-bond acceptors (Lipinski definition) is 3. The summed E-state index contributed by atoms with van der Waals surface area (Å²) in [5.41, 5.74) is 0.424. The molecule has 4 heteroatoms. The van der Waals surface area contributed by atoms with Gasteiger partial charge in [0.2, 0.25) is 0 Å². The van der Waals surface area contributed by atoms with E-state index in [2.05, 4.69) is 11.8 Å². The van der Waals surface area contributed by atoms with Crippen LogP contribution < -0.4 is 4.74 Å². The molecule has 1 rings (SSSR count). The molecule has 2 N–H and O–H groups in total. The van der Waals surface area contributed by atoms with Gasteiger partial charge in [-0.2, -0.15) is 0 Å². The van der Waals surface area contributed by atoms with Gasteiger partial charge in [-0.15, -0.1) is 0 Å². The third-order valence-electron chi connectivity index (χ3n) is 1.76. The van der Waals surface area contributed by atoms with Gasteiger partial charge in [-0.05, 0) is 18.2 Å². The van der Waals surface area contributed by atoms with Gasteiger partial charge in [0, 0.05) is 5.56 Å². The van der Waals surface area contributed by atoms with Crippen LogP contribution in [0.4, 0.5) is 0 Å². The molecule has 0 aliphatic carbocycles. The Morgan fingerprint density at radius 1 is 1.53 bits per heavy atom. The summed E-state index contributed by atoms with van der Waals surface area (Å²) in [5.74, 6) is 4.43. The van der Waals surface area contributed by atoms with Crippen LogP contribution >= 0.6 is 0 Å². The van der Waals surface area contributed by atoms with Gasteiger partial charge in [-0.3, -0.25) is 0 Å². The maximum absolute atomic E-state index is 10.8. The van der Waals surface area contributed by atoms with Crippen LogP contribution in [0, 0.1) is 11.8 Å². The van der Waals surface area contributed by atoms with Gasteiger partial charge < -0.3 is 14.9 Å². The van der Waals surface area contributed by atoms with Crippen molar-refractivity contribution in [2.24, 2.45) is 0 Å². The van der Waals surface area contributed by atoms with Crippen molar-refractivity contribution in [1.29, 1.82) is 0 Å². The Hall–Kier alpha value is -1.99. The van der Waals surface area contributed by atoms with E-state index in [0.29, 0.717) is 11.3 Å². The lowest BCUT2D eigenvalue weighted by atomic mass is 10.1. The van der Waals surface area contributed by atoms with Crippen molar-refractivity contribution >= 4 is 5.97 Å². The molecule has 0 radical (unpaired) electrons. The molecule has 0 saturated carbocycles. The molecule has 0 aliphatic heterocycles. The highest BCUT2D eigenvalue weighted by molar-refractivity contribution is 5.91. The van der Waals surface area contributed by atoms with Crippen molar-refractivity contribution in [2.75, 3.05) is 13.7 Å². The molecule has 0 saturated heterocycles. The molecular formula is C11H10O4. The Morgan fingerprint density at radius 3 is 2.80 bits per heavy atom. The lowest BCUT2D eigenvalue weighted by molar-refractivity contribution is 0.0696. The van der Waals surface area contributed by atoms with E-state index in [1.54, 1.807) is 6.07 Å². The minimum atomic E-state index is -1.06. The average Bonchev–Trinajstić information content (AvgIpc) is 2.25. The number of aliphatic hydroxyl groups is 1. The average molecular weight is 206 g/mol. The van der Waals surface area contributed by atoms with E-state index in [1.807, 2.05) is 0 Å². The minimum absolute atomic E-state index is 0.0942. The van der Waals surface area contributed by atoms with Crippen molar-refractivity contribution in [1.82, 2.24) is 0 Å². The van der Waals surface area contributed by atoms with Crippen LogP contribution in [0.15, 0.2) is 18.2 Å². The Morgan fingerprint density at radius 2 is 2.27 bits per heavy atom. The molecule has 78 valence electrons. The fraction of sp³-hybridized carbons (Fsp3) is 0.182. The van der Waals surface area contributed by atoms with Crippen LogP contribution in [0.1, 0.15) is 15.9 Å². The van der Waals surface area contributed by atoms with Crippen molar-refractivity contribution in [3.8, 4) is 17.6 Å². The van der Waals surface area contributed by atoms with E-state index in [-0.39, 0.29) is 12.2 Å². The molecule has 0 unspecified atom stereocenters. The molecule has 0 heterocycles. The largest absolute Gasteiger partial charge is 0.497 e. The number of benzene rings is 1. The number of rotatable bonds is 2. The quantitative estimate of drug-likeness (QED) is 0.700. The molecule has 0 amide bonds. The van der Waals surface area contributed by atoms with Crippen molar-refractivity contribution in [3.05, 3.63) is 29.3 Å². The summed E-state index contributed by atoms with van der Waals surface area (Å²) >= 11 is 0. The van der Waals surface area contributed by atoms with E-state index in [1.165, 1.54) is 19.2 Å². The van der Waals surface area contributed by atoms with Crippen LogP contribution in [0.5, 0.6) is 5.75 Å². The van der Waals surface area contributed by atoms with Crippen LogP contribution in [-0.4, -0.2) is 29.9 Å². The van der Waals surface area contributed by atoms with E-state index < -0.39 is 5.97 Å². The van der Waals surface area contributed by atoms with Gasteiger partial charge in [0.05, 0.1) is 12.7 Å². The van der Waals surface area contributed by atoms with Gasteiger partial charge in [-0.1, -0.05) is 11.8 Å². The first-order valence-electron chi connectivity index (χ1n) is 4.20. The number of ether oxygens (including phenoxy) is 1. The second-order valence-electron chi connectivity index (χ2n) is 2.68. The summed E-state index contributed by atoms with van der Waals surface area (Å²) in [6.07, 6.45) is 0. The topological polar surface area (TPSA) is 66.8 Å². The third kappa shape index (κ3) is 2.73. The standard InChI is InChI=1S/C11H10O4/c1-15-9-4-5-10(11(13)14)8(7-9)3-2-6-12/h4-5,7,12H,6H2,1H3,(H,13,14). The summed E-state index contributed by atoms with van der Waals surface area (Å²) < 4.78 is 4.95. The van der Waals surface area contributed by atoms with E-state index in [9.17, 15) is 4.79 Å². The fourth-order valence-electron chi connectivity index (χ4n) is 1.08. The monoisotopic (exact) mass is 206 g/mol. The van der Waals surface area contributed by atoms with Gasteiger partial charge in [0.15, 0.2) is 0 Å². The zero-order chi connectivity index (χ0) is 11.3. The normalized spacial score (nSPS) is 8.93. The second-order valence-corrected chi connectivity index (χ2v) is 2.68. The summed E-state index contributed by atoms with van der Waals surface area (Å²) in [5, 5.41) is 17.4. The third-order valence-corrected chi connectivity index (χ3v) is 1.76. The molecule has 0 atom stereocenters. The number of aromatic carboxylic acids is 1. The molecule has 0 aromatic heterocycles. The molecule has 1 aromatic carbocycles. The first-order chi connectivity index (χ1) is 7.19. The van der Waals surface area contributed by atoms with E-state index >= 15 is 0 Å². The molecule has 4 nitrogen and oxygen atoms in total. The summed E-state index contributed by atoms with van der Waals surface area (Å²) in [6.45, 7) is -0.309. The number of methoxy groups -OCH3 is 1. The van der Waals surface area contributed by atoms with Gasteiger partial charge in [0.25, 0.3) is 0 Å². The summed E-state index contributed by atoms with van der Waals surface area (Å²) in [4.78, 5) is 10.8. The number of carboxylic acids is 1. The Bertz CT molecular complexity index is 426. The fourth-order valence-corrected chi connectivity index (χ4v) is 1.08. The zero-order valence-electron chi connectivity index (χ0n) is 8.15. The first-order valence-corrected chi connectivity index (χ1v) is 4.20. The highest BCUT2D eigenvalue weighted by Crippen LogP contribution is 2.16. The van der Waals surface area contributed by atoms with E-state index in [0.717, 1.165) is 0 Å². The highest BCUT2D eigenvalue weighted by Gasteiger charge is 2.08. The Kier molecular flexibility index (Phi) is 3.72. The minimum Gasteiger partial charge on any atom is -0.497 e. The van der Waals surface area contributed by atoms with Crippen LogP contribution in [0.2, 0.25) is 0 Å². The number of carbonyl (C=O) groups is 1. The van der Waals surface area contributed by atoms with Crippen molar-refractivity contribution in [3.63, 3.8) is 0 Å². The first kappa shape index (κ1) is 11.1. The molecule has 1 aromatic rings. The maximum atomic E-state index is 10.8. The predicted molar refractivity (Wildman–Crippen MR) is 53.9 cm³/mol. The van der Waals surface area contributed by atoms with Gasteiger partial charge in [-0.25, -0.2) is 4.79 Å². The lowest BCUT2D eigenvalue weighted by Gasteiger charge is -2.02. The van der Waals surface area contributed by atoms with Gasteiger partial charge in [0.1, 0.15) is 12.4 Å². The van der Waals surface area contributed by atoms with Crippen molar-refractivity contribution in [2.45, 2.75) is 0 Å². The summed E-state index contributed by atoms with van der Waals surface area (Å²) in [7, 11) is 1.49. The maximum Gasteiger partial charge on any atom is 0.336 e. The molecule has 0 bridgehead atoms.